The van der Waals surface area contributed by atoms with Gasteiger partial charge in [0.15, 0.2) is 0 Å². The van der Waals surface area contributed by atoms with E-state index in [1.54, 1.807) is 42.5 Å². The second kappa shape index (κ2) is 9.65. The van der Waals surface area contributed by atoms with E-state index in [4.69, 9.17) is 4.74 Å². The van der Waals surface area contributed by atoms with Crippen LogP contribution in [0.2, 0.25) is 0 Å². The smallest absolute Gasteiger partial charge is 0.270 e. The largest absolute Gasteiger partial charge is 0.488 e. The summed E-state index contributed by atoms with van der Waals surface area (Å²) >= 11 is 3.42. The molecule has 9 heteroatoms. The molecule has 0 unspecified atom stereocenters. The quantitative estimate of drug-likeness (QED) is 0.180. The summed E-state index contributed by atoms with van der Waals surface area (Å²) in [7, 11) is 0. The number of non-ortho nitro benzene ring substituents is 2. The van der Waals surface area contributed by atoms with E-state index in [-0.39, 0.29) is 23.6 Å². The van der Waals surface area contributed by atoms with Crippen LogP contribution in [0.3, 0.4) is 0 Å². The van der Waals surface area contributed by atoms with Gasteiger partial charge in [-0.1, -0.05) is 30.3 Å². The Morgan fingerprint density at radius 2 is 1.68 bits per heavy atom. The first-order valence-corrected chi connectivity index (χ1v) is 9.69. The third-order valence-electron chi connectivity index (χ3n) is 4.27. The Labute approximate surface area is 185 Å². The van der Waals surface area contributed by atoms with E-state index >= 15 is 0 Å². The minimum Gasteiger partial charge on any atom is -0.488 e. The van der Waals surface area contributed by atoms with Crippen molar-refractivity contribution in [3.05, 3.63) is 108 Å². The van der Waals surface area contributed by atoms with Gasteiger partial charge in [0.1, 0.15) is 12.4 Å². The summed E-state index contributed by atoms with van der Waals surface area (Å²) in [4.78, 5) is 20.9. The fraction of sp³-hybridized carbons (Fsp3) is 0.0455. The number of nitro groups is 2. The summed E-state index contributed by atoms with van der Waals surface area (Å²) in [6, 6.07) is 19.3. The van der Waals surface area contributed by atoms with Crippen LogP contribution in [0.1, 0.15) is 16.7 Å². The molecule has 0 atom stereocenters. The summed E-state index contributed by atoms with van der Waals surface area (Å²) in [5.41, 5.74) is 1.97. The molecule has 3 aromatic rings. The lowest BCUT2D eigenvalue weighted by molar-refractivity contribution is -0.385. The number of nitro benzene ring substituents is 2. The third-order valence-corrected chi connectivity index (χ3v) is 4.89. The summed E-state index contributed by atoms with van der Waals surface area (Å²) in [6.07, 6.45) is 1.62. The van der Waals surface area contributed by atoms with Crippen molar-refractivity contribution in [2.45, 2.75) is 6.61 Å². The fourth-order valence-electron chi connectivity index (χ4n) is 2.78. The molecule has 0 saturated carbocycles. The summed E-state index contributed by atoms with van der Waals surface area (Å²) in [5.74, 6) is 0.525. The normalized spacial score (nSPS) is 10.9. The van der Waals surface area contributed by atoms with Gasteiger partial charge in [0.25, 0.3) is 11.4 Å². The van der Waals surface area contributed by atoms with Crippen molar-refractivity contribution >= 4 is 39.0 Å². The highest BCUT2D eigenvalue weighted by atomic mass is 79.9. The van der Waals surface area contributed by atoms with E-state index in [1.165, 1.54) is 30.3 Å². The predicted molar refractivity (Wildman–Crippen MR) is 118 cm³/mol. The molecule has 0 spiro atoms. The average molecular weight is 480 g/mol. The molecule has 0 radical (unpaired) electrons. The number of ether oxygens (including phenoxy) is 1. The van der Waals surface area contributed by atoms with E-state index in [1.807, 2.05) is 0 Å². The summed E-state index contributed by atoms with van der Waals surface area (Å²) in [5, 5.41) is 31.3. The second-order valence-electron chi connectivity index (χ2n) is 6.38. The van der Waals surface area contributed by atoms with Crippen molar-refractivity contribution in [3.63, 3.8) is 0 Å². The summed E-state index contributed by atoms with van der Waals surface area (Å²) in [6.45, 7) is 0.145. The van der Waals surface area contributed by atoms with E-state index in [9.17, 15) is 25.5 Å². The topological polar surface area (TPSA) is 119 Å². The molecular formula is C22H14BrN3O5. The average Bonchev–Trinajstić information content (AvgIpc) is 2.77. The molecule has 0 aliphatic carbocycles. The van der Waals surface area contributed by atoms with Gasteiger partial charge in [-0.3, -0.25) is 20.2 Å². The Morgan fingerprint density at radius 3 is 2.32 bits per heavy atom. The number of hydrogen-bond donors (Lipinski definition) is 0. The van der Waals surface area contributed by atoms with Crippen molar-refractivity contribution < 1.29 is 14.6 Å². The Bertz CT molecular complexity index is 1230. The first-order chi connectivity index (χ1) is 14.9. The van der Waals surface area contributed by atoms with Gasteiger partial charge >= 0.3 is 0 Å². The van der Waals surface area contributed by atoms with Crippen molar-refractivity contribution in [2.24, 2.45) is 0 Å². The predicted octanol–water partition coefficient (Wildman–Crippen LogP) is 5.91. The van der Waals surface area contributed by atoms with Crippen LogP contribution in [-0.4, -0.2) is 9.85 Å². The monoisotopic (exact) mass is 479 g/mol. The zero-order chi connectivity index (χ0) is 22.4. The van der Waals surface area contributed by atoms with Gasteiger partial charge < -0.3 is 4.74 Å². The first-order valence-electron chi connectivity index (χ1n) is 8.89. The van der Waals surface area contributed by atoms with E-state index < -0.39 is 9.85 Å². The molecule has 0 aromatic heterocycles. The van der Waals surface area contributed by atoms with Crippen molar-refractivity contribution in [3.8, 4) is 11.8 Å². The molecule has 0 amide bonds. The van der Waals surface area contributed by atoms with Crippen LogP contribution in [0.5, 0.6) is 5.75 Å². The van der Waals surface area contributed by atoms with Gasteiger partial charge in [-0.05, 0) is 50.8 Å². The van der Waals surface area contributed by atoms with Crippen LogP contribution in [0, 0.1) is 31.6 Å². The molecule has 3 aromatic carbocycles. The van der Waals surface area contributed by atoms with Gasteiger partial charge in [0.05, 0.1) is 26.0 Å². The molecular weight excluding hydrogens is 466 g/mol. The van der Waals surface area contributed by atoms with Gasteiger partial charge in [-0.25, -0.2) is 0 Å². The third kappa shape index (κ3) is 5.52. The second-order valence-corrected chi connectivity index (χ2v) is 7.24. The number of nitrogens with zero attached hydrogens (tertiary/aromatic N) is 3. The Morgan fingerprint density at radius 1 is 1.00 bits per heavy atom. The lowest BCUT2D eigenvalue weighted by Gasteiger charge is -2.09. The number of allylic oxidation sites excluding steroid dienone is 1. The minimum absolute atomic E-state index is 0.00849. The number of benzene rings is 3. The minimum atomic E-state index is -0.511. The maximum Gasteiger partial charge on any atom is 0.270 e. The standard InChI is InChI=1S/C22H14BrN3O5/c23-21-11-15(9-18(13-24)17-4-2-6-20(12-17)26(29)30)7-8-22(21)31-14-16-3-1-5-19(10-16)25(27)28/h1-12H,14H2/b18-9-. The Kier molecular flexibility index (Phi) is 6.74. The number of hydrogen-bond acceptors (Lipinski definition) is 6. The highest BCUT2D eigenvalue weighted by Gasteiger charge is 2.10. The van der Waals surface area contributed by atoms with Gasteiger partial charge in [0.2, 0.25) is 0 Å². The highest BCUT2D eigenvalue weighted by molar-refractivity contribution is 9.10. The number of nitriles is 1. The zero-order valence-corrected chi connectivity index (χ0v) is 17.5. The van der Waals surface area contributed by atoms with Gasteiger partial charge in [0, 0.05) is 24.3 Å². The maximum absolute atomic E-state index is 11.0. The molecule has 3 rings (SSSR count). The van der Waals surface area contributed by atoms with Crippen LogP contribution >= 0.6 is 15.9 Å². The molecule has 0 N–H and O–H groups in total. The lowest BCUT2D eigenvalue weighted by Crippen LogP contribution is -1.97. The first kappa shape index (κ1) is 21.7. The van der Waals surface area contributed by atoms with Crippen molar-refractivity contribution in [1.82, 2.24) is 0 Å². The SMILES string of the molecule is N#C/C(=C/c1ccc(OCc2cccc([N+](=O)[O-])c2)c(Br)c1)c1cccc([N+](=O)[O-])c1. The van der Waals surface area contributed by atoms with E-state index in [0.29, 0.717) is 26.9 Å². The molecule has 8 nitrogen and oxygen atoms in total. The van der Waals surface area contributed by atoms with Crippen LogP contribution in [-0.2, 0) is 6.61 Å². The maximum atomic E-state index is 11.0. The number of halogens is 1. The molecule has 154 valence electrons. The molecule has 0 saturated heterocycles. The van der Waals surface area contributed by atoms with E-state index in [2.05, 4.69) is 22.0 Å². The van der Waals surface area contributed by atoms with Crippen LogP contribution in [0.4, 0.5) is 11.4 Å². The highest BCUT2D eigenvalue weighted by Crippen LogP contribution is 2.29. The lowest BCUT2D eigenvalue weighted by atomic mass is 10.0. The molecule has 0 heterocycles. The molecule has 0 aliphatic heterocycles. The zero-order valence-electron chi connectivity index (χ0n) is 15.9. The molecule has 0 aliphatic rings. The van der Waals surface area contributed by atoms with Crippen molar-refractivity contribution in [2.75, 3.05) is 0 Å². The van der Waals surface area contributed by atoms with Crippen LogP contribution in [0.25, 0.3) is 11.6 Å². The van der Waals surface area contributed by atoms with Crippen molar-refractivity contribution in [1.29, 1.82) is 5.26 Å². The van der Waals surface area contributed by atoms with Gasteiger partial charge in [-0.2, -0.15) is 5.26 Å². The van der Waals surface area contributed by atoms with E-state index in [0.717, 1.165) is 0 Å². The molecule has 0 fully saturated rings. The fourth-order valence-corrected chi connectivity index (χ4v) is 3.29. The van der Waals surface area contributed by atoms with Crippen LogP contribution in [0.15, 0.2) is 71.2 Å². The molecule has 0 bridgehead atoms. The van der Waals surface area contributed by atoms with Gasteiger partial charge in [-0.15, -0.1) is 0 Å². The number of rotatable bonds is 7. The Balaban J connectivity index is 1.79. The van der Waals surface area contributed by atoms with Crippen LogP contribution < -0.4 is 4.74 Å². The molecule has 31 heavy (non-hydrogen) atoms. The Hall–Kier alpha value is -4.03. The summed E-state index contributed by atoms with van der Waals surface area (Å²) < 4.78 is 6.37.